The maximum atomic E-state index is 14.0. The molecule has 0 atom stereocenters. The Labute approximate surface area is 188 Å². The lowest BCUT2D eigenvalue weighted by Gasteiger charge is -2.14. The van der Waals surface area contributed by atoms with Crippen LogP contribution in [0.3, 0.4) is 0 Å². The SMILES string of the molecule is CCc1nn2c(c1-c1ccc(C)c(S(=O)(=O)Nc3cc(F)ccc3F)c1)NC(=O)CCC2=O. The number of benzene rings is 2. The Balaban J connectivity index is 1.84. The summed E-state index contributed by atoms with van der Waals surface area (Å²) < 4.78 is 56.9. The Kier molecular flexibility index (Phi) is 5.75. The van der Waals surface area contributed by atoms with Gasteiger partial charge in [0.2, 0.25) is 11.8 Å². The van der Waals surface area contributed by atoms with Gasteiger partial charge >= 0.3 is 0 Å². The number of anilines is 2. The van der Waals surface area contributed by atoms with E-state index in [0.29, 0.717) is 28.8 Å². The minimum Gasteiger partial charge on any atom is -0.310 e. The molecule has 3 aromatic rings. The maximum Gasteiger partial charge on any atom is 0.262 e. The molecule has 0 saturated carbocycles. The highest BCUT2D eigenvalue weighted by Gasteiger charge is 2.28. The van der Waals surface area contributed by atoms with Gasteiger partial charge in [0.05, 0.1) is 16.3 Å². The molecule has 2 heterocycles. The summed E-state index contributed by atoms with van der Waals surface area (Å²) in [5.74, 6) is -2.25. The van der Waals surface area contributed by atoms with Gasteiger partial charge in [0.1, 0.15) is 17.5 Å². The fourth-order valence-electron chi connectivity index (χ4n) is 3.65. The molecule has 2 N–H and O–H groups in total. The highest BCUT2D eigenvalue weighted by molar-refractivity contribution is 7.92. The molecule has 33 heavy (non-hydrogen) atoms. The van der Waals surface area contributed by atoms with E-state index in [1.54, 1.807) is 19.1 Å². The quantitative estimate of drug-likeness (QED) is 0.583. The predicted molar refractivity (Wildman–Crippen MR) is 117 cm³/mol. The topological polar surface area (TPSA) is 110 Å². The van der Waals surface area contributed by atoms with Crippen LogP contribution < -0.4 is 10.0 Å². The normalized spacial score (nSPS) is 13.9. The van der Waals surface area contributed by atoms with E-state index in [0.717, 1.165) is 22.9 Å². The zero-order valence-corrected chi connectivity index (χ0v) is 18.6. The van der Waals surface area contributed by atoms with Crippen molar-refractivity contribution in [3.8, 4) is 11.1 Å². The van der Waals surface area contributed by atoms with E-state index in [2.05, 4.69) is 15.1 Å². The maximum absolute atomic E-state index is 14.0. The molecule has 0 fully saturated rings. The van der Waals surface area contributed by atoms with Crippen LogP contribution >= 0.6 is 0 Å². The molecule has 0 radical (unpaired) electrons. The summed E-state index contributed by atoms with van der Waals surface area (Å²) in [4.78, 5) is 24.4. The molecular formula is C22H20F2N4O4S. The van der Waals surface area contributed by atoms with Gasteiger partial charge in [0.25, 0.3) is 10.0 Å². The fourth-order valence-corrected chi connectivity index (χ4v) is 4.98. The number of aromatic nitrogens is 2. The van der Waals surface area contributed by atoms with E-state index in [-0.39, 0.29) is 35.4 Å². The second-order valence-electron chi connectivity index (χ2n) is 7.59. The number of fused-ring (bicyclic) bond motifs is 1. The third kappa shape index (κ3) is 4.23. The molecule has 1 aromatic heterocycles. The summed E-state index contributed by atoms with van der Waals surface area (Å²) in [6.45, 7) is 3.38. The van der Waals surface area contributed by atoms with Gasteiger partial charge in [-0.25, -0.2) is 17.2 Å². The predicted octanol–water partition coefficient (Wildman–Crippen LogP) is 3.87. The lowest BCUT2D eigenvalue weighted by Crippen LogP contribution is -2.16. The minimum atomic E-state index is -4.30. The zero-order valence-electron chi connectivity index (χ0n) is 17.8. The third-order valence-corrected chi connectivity index (χ3v) is 6.80. The van der Waals surface area contributed by atoms with E-state index in [1.807, 2.05) is 6.92 Å². The molecule has 0 spiro atoms. The highest BCUT2D eigenvalue weighted by atomic mass is 32.2. The van der Waals surface area contributed by atoms with Crippen LogP contribution in [-0.4, -0.2) is 30.0 Å². The van der Waals surface area contributed by atoms with Gasteiger partial charge in [-0.1, -0.05) is 19.1 Å². The molecule has 2 aromatic carbocycles. The Hall–Kier alpha value is -3.60. The largest absolute Gasteiger partial charge is 0.310 e. The summed E-state index contributed by atoms with van der Waals surface area (Å²) in [5, 5.41) is 7.01. The Morgan fingerprint density at radius 1 is 1.12 bits per heavy atom. The molecule has 1 amide bonds. The summed E-state index contributed by atoms with van der Waals surface area (Å²) in [7, 11) is -4.30. The fraction of sp³-hybridized carbons (Fsp3) is 0.227. The molecule has 0 aliphatic carbocycles. The molecule has 172 valence electrons. The molecule has 0 saturated heterocycles. The smallest absolute Gasteiger partial charge is 0.262 e. The number of nitrogens with zero attached hydrogens (tertiary/aromatic N) is 2. The molecule has 1 aliphatic rings. The first kappa shape index (κ1) is 22.6. The Morgan fingerprint density at radius 2 is 1.88 bits per heavy atom. The van der Waals surface area contributed by atoms with Gasteiger partial charge in [-0.2, -0.15) is 9.78 Å². The molecule has 0 bridgehead atoms. The van der Waals surface area contributed by atoms with Crippen LogP contribution in [0, 0.1) is 18.6 Å². The second-order valence-corrected chi connectivity index (χ2v) is 9.24. The van der Waals surface area contributed by atoms with Crippen molar-refractivity contribution in [1.82, 2.24) is 9.78 Å². The lowest BCUT2D eigenvalue weighted by atomic mass is 10.0. The van der Waals surface area contributed by atoms with Gasteiger partial charge in [0.15, 0.2) is 0 Å². The number of hydrogen-bond acceptors (Lipinski definition) is 5. The van der Waals surface area contributed by atoms with Gasteiger partial charge in [-0.3, -0.25) is 14.3 Å². The molecule has 11 heteroatoms. The number of nitrogens with one attached hydrogen (secondary N) is 2. The van der Waals surface area contributed by atoms with E-state index in [9.17, 15) is 26.8 Å². The van der Waals surface area contributed by atoms with E-state index >= 15 is 0 Å². The van der Waals surface area contributed by atoms with Crippen molar-refractivity contribution in [2.45, 2.75) is 38.0 Å². The number of carbonyl (C=O) groups is 2. The van der Waals surface area contributed by atoms with Gasteiger partial charge < -0.3 is 5.32 Å². The van der Waals surface area contributed by atoms with Gasteiger partial charge in [-0.05, 0) is 42.7 Å². The number of rotatable bonds is 5. The van der Waals surface area contributed by atoms with E-state index in [1.165, 1.54) is 6.07 Å². The summed E-state index contributed by atoms with van der Waals surface area (Å²) in [5.41, 5.74) is 1.16. The standard InChI is InChI=1S/C22H20F2N4O4S/c1-3-16-21(22-25-19(29)8-9-20(30)28(22)26-16)13-5-4-12(2)18(10-13)33(31,32)27-17-11-14(23)6-7-15(17)24/h4-7,10-11,27H,3,8-9H2,1-2H3,(H,25,29). The molecule has 8 nitrogen and oxygen atoms in total. The average molecular weight is 474 g/mol. The zero-order chi connectivity index (χ0) is 23.9. The van der Waals surface area contributed by atoms with Crippen LogP contribution in [-0.2, 0) is 21.2 Å². The number of sulfonamides is 1. The number of hydrogen-bond donors (Lipinski definition) is 2. The van der Waals surface area contributed by atoms with Crippen molar-refractivity contribution in [2.75, 3.05) is 10.0 Å². The number of amides is 1. The summed E-state index contributed by atoms with van der Waals surface area (Å²) in [6.07, 6.45) is 0.431. The average Bonchev–Trinajstić information content (AvgIpc) is 3.06. The van der Waals surface area contributed by atoms with Crippen LogP contribution in [0.2, 0.25) is 0 Å². The van der Waals surface area contributed by atoms with E-state index in [4.69, 9.17) is 0 Å². The number of aryl methyl sites for hydroxylation is 2. The van der Waals surface area contributed by atoms with Crippen molar-refractivity contribution in [3.63, 3.8) is 0 Å². The van der Waals surface area contributed by atoms with Crippen molar-refractivity contribution in [3.05, 3.63) is 59.3 Å². The summed E-state index contributed by atoms with van der Waals surface area (Å²) in [6, 6.07) is 7.01. The highest BCUT2D eigenvalue weighted by Crippen LogP contribution is 2.36. The second kappa shape index (κ2) is 8.39. The van der Waals surface area contributed by atoms with Crippen LogP contribution in [0.5, 0.6) is 0 Å². The molecular weight excluding hydrogens is 454 g/mol. The molecule has 1 aliphatic heterocycles. The van der Waals surface area contributed by atoms with Crippen molar-refractivity contribution in [1.29, 1.82) is 0 Å². The third-order valence-electron chi connectivity index (χ3n) is 5.29. The van der Waals surface area contributed by atoms with Crippen LogP contribution in [0.1, 0.15) is 35.8 Å². The van der Waals surface area contributed by atoms with Crippen LogP contribution in [0.15, 0.2) is 41.3 Å². The first-order chi connectivity index (χ1) is 15.6. The van der Waals surface area contributed by atoms with E-state index < -0.39 is 27.3 Å². The molecule has 0 unspecified atom stereocenters. The Morgan fingerprint density at radius 3 is 2.61 bits per heavy atom. The van der Waals surface area contributed by atoms with Gasteiger partial charge in [0, 0.05) is 24.5 Å². The first-order valence-corrected chi connectivity index (χ1v) is 11.6. The van der Waals surface area contributed by atoms with Crippen molar-refractivity contribution in [2.24, 2.45) is 0 Å². The van der Waals surface area contributed by atoms with Crippen molar-refractivity contribution < 1.29 is 26.8 Å². The van der Waals surface area contributed by atoms with Crippen LogP contribution in [0.25, 0.3) is 11.1 Å². The monoisotopic (exact) mass is 474 g/mol. The minimum absolute atomic E-state index is 0.000244. The number of halogens is 2. The lowest BCUT2D eigenvalue weighted by molar-refractivity contribution is -0.116. The first-order valence-electron chi connectivity index (χ1n) is 10.1. The molecule has 4 rings (SSSR count). The van der Waals surface area contributed by atoms with Gasteiger partial charge in [-0.15, -0.1) is 0 Å². The summed E-state index contributed by atoms with van der Waals surface area (Å²) >= 11 is 0. The Bertz CT molecular complexity index is 1400. The van der Waals surface area contributed by atoms with Crippen LogP contribution in [0.4, 0.5) is 20.3 Å². The van der Waals surface area contributed by atoms with Crippen molar-refractivity contribution >= 4 is 33.3 Å². The number of carbonyl (C=O) groups excluding carboxylic acids is 2.